The van der Waals surface area contributed by atoms with Gasteiger partial charge in [-0.15, -0.1) is 0 Å². The van der Waals surface area contributed by atoms with Gasteiger partial charge in [-0.25, -0.2) is 9.97 Å². The maximum absolute atomic E-state index is 6.18. The van der Waals surface area contributed by atoms with Crippen molar-refractivity contribution in [2.75, 3.05) is 19.0 Å². The lowest BCUT2D eigenvalue weighted by molar-refractivity contribution is 0.415. The highest BCUT2D eigenvalue weighted by atomic mass is 35.5. The van der Waals surface area contributed by atoms with Crippen molar-refractivity contribution in [3.63, 3.8) is 0 Å². The number of aryl methyl sites for hydroxylation is 1. The topological polar surface area (TPSA) is 47.0 Å². The van der Waals surface area contributed by atoms with Gasteiger partial charge in [0.1, 0.15) is 11.6 Å². The van der Waals surface area contributed by atoms with Crippen molar-refractivity contribution in [1.29, 1.82) is 0 Å². The van der Waals surface area contributed by atoms with E-state index in [1.807, 2.05) is 32.0 Å². The van der Waals surface area contributed by atoms with E-state index in [0.29, 0.717) is 16.6 Å². The van der Waals surface area contributed by atoms with Crippen molar-refractivity contribution in [2.45, 2.75) is 27.2 Å². The number of anilines is 1. The first-order chi connectivity index (χ1) is 10.1. The highest BCUT2D eigenvalue weighted by Gasteiger charge is 2.11. The van der Waals surface area contributed by atoms with E-state index in [2.05, 4.69) is 22.2 Å². The number of hydrogen-bond donors (Lipinski definition) is 1. The van der Waals surface area contributed by atoms with Crippen molar-refractivity contribution < 1.29 is 4.74 Å². The molecule has 0 fully saturated rings. The van der Waals surface area contributed by atoms with E-state index in [1.54, 1.807) is 7.11 Å². The molecule has 21 heavy (non-hydrogen) atoms. The van der Waals surface area contributed by atoms with Gasteiger partial charge in [0.05, 0.1) is 12.1 Å². The van der Waals surface area contributed by atoms with Crippen LogP contribution in [-0.4, -0.2) is 23.6 Å². The molecule has 2 aromatic rings. The SMILES string of the molecule is CCCNc1nc(-c2ccc(OC)c(Cl)c2)nc(C)c1C. The van der Waals surface area contributed by atoms with Gasteiger partial charge in [0.25, 0.3) is 0 Å². The Labute approximate surface area is 130 Å². The molecule has 0 saturated heterocycles. The minimum Gasteiger partial charge on any atom is -0.495 e. The fourth-order valence-corrected chi connectivity index (χ4v) is 2.24. The van der Waals surface area contributed by atoms with Crippen LogP contribution < -0.4 is 10.1 Å². The smallest absolute Gasteiger partial charge is 0.161 e. The molecule has 0 unspecified atom stereocenters. The Hall–Kier alpha value is -1.81. The third kappa shape index (κ3) is 3.45. The Morgan fingerprint density at radius 1 is 1.24 bits per heavy atom. The zero-order valence-electron chi connectivity index (χ0n) is 12.8. The van der Waals surface area contributed by atoms with Gasteiger partial charge in [-0.1, -0.05) is 18.5 Å². The van der Waals surface area contributed by atoms with Crippen LogP contribution in [0.4, 0.5) is 5.82 Å². The molecule has 112 valence electrons. The maximum atomic E-state index is 6.18. The summed E-state index contributed by atoms with van der Waals surface area (Å²) in [5.74, 6) is 2.20. The molecular weight excluding hydrogens is 286 g/mol. The lowest BCUT2D eigenvalue weighted by Gasteiger charge is -2.12. The average Bonchev–Trinajstić information content (AvgIpc) is 2.48. The Morgan fingerprint density at radius 2 is 2.00 bits per heavy atom. The predicted molar refractivity (Wildman–Crippen MR) is 87.3 cm³/mol. The van der Waals surface area contributed by atoms with Gasteiger partial charge in [-0.2, -0.15) is 0 Å². The second-order valence-electron chi connectivity index (χ2n) is 4.88. The van der Waals surface area contributed by atoms with E-state index in [-0.39, 0.29) is 0 Å². The van der Waals surface area contributed by atoms with E-state index in [9.17, 15) is 0 Å². The Morgan fingerprint density at radius 3 is 2.62 bits per heavy atom. The number of aromatic nitrogens is 2. The molecule has 2 rings (SSSR count). The third-order valence-corrected chi connectivity index (χ3v) is 3.64. The van der Waals surface area contributed by atoms with Gasteiger partial charge < -0.3 is 10.1 Å². The lowest BCUT2D eigenvalue weighted by Crippen LogP contribution is -2.07. The normalized spacial score (nSPS) is 10.5. The van der Waals surface area contributed by atoms with E-state index in [1.165, 1.54) is 0 Å². The standard InChI is InChI=1S/C16H20ClN3O/c1-5-8-18-15-10(2)11(3)19-16(20-15)12-6-7-14(21-4)13(17)9-12/h6-7,9H,5,8H2,1-4H3,(H,18,19,20). The molecule has 0 radical (unpaired) electrons. The number of halogens is 1. The van der Waals surface area contributed by atoms with Crippen LogP contribution in [0, 0.1) is 13.8 Å². The molecule has 0 bridgehead atoms. The highest BCUT2D eigenvalue weighted by Crippen LogP contribution is 2.30. The fourth-order valence-electron chi connectivity index (χ4n) is 1.98. The van der Waals surface area contributed by atoms with Crippen LogP contribution in [0.3, 0.4) is 0 Å². The van der Waals surface area contributed by atoms with Gasteiger partial charge in [-0.05, 0) is 38.5 Å². The zero-order chi connectivity index (χ0) is 15.4. The van der Waals surface area contributed by atoms with Gasteiger partial charge in [0.2, 0.25) is 0 Å². The quantitative estimate of drug-likeness (QED) is 0.897. The van der Waals surface area contributed by atoms with E-state index >= 15 is 0 Å². The van der Waals surface area contributed by atoms with Gasteiger partial charge in [-0.3, -0.25) is 0 Å². The number of methoxy groups -OCH3 is 1. The first-order valence-corrected chi connectivity index (χ1v) is 7.37. The van der Waals surface area contributed by atoms with Crippen molar-refractivity contribution in [2.24, 2.45) is 0 Å². The summed E-state index contributed by atoms with van der Waals surface area (Å²) >= 11 is 6.18. The monoisotopic (exact) mass is 305 g/mol. The summed E-state index contributed by atoms with van der Waals surface area (Å²) in [6.07, 6.45) is 1.05. The summed E-state index contributed by atoms with van der Waals surface area (Å²) < 4.78 is 5.17. The van der Waals surface area contributed by atoms with Crippen molar-refractivity contribution in [3.8, 4) is 17.1 Å². The van der Waals surface area contributed by atoms with Gasteiger partial charge in [0, 0.05) is 23.4 Å². The lowest BCUT2D eigenvalue weighted by atomic mass is 10.1. The molecule has 0 atom stereocenters. The molecule has 1 heterocycles. The summed E-state index contributed by atoms with van der Waals surface area (Å²) in [6, 6.07) is 5.57. The molecule has 1 aromatic heterocycles. The van der Waals surface area contributed by atoms with Crippen LogP contribution in [-0.2, 0) is 0 Å². The number of benzene rings is 1. The molecule has 5 heteroatoms. The Kier molecular flexibility index (Phi) is 5.02. The third-order valence-electron chi connectivity index (χ3n) is 3.34. The van der Waals surface area contributed by atoms with Crippen LogP contribution in [0.15, 0.2) is 18.2 Å². The second-order valence-corrected chi connectivity index (χ2v) is 5.29. The van der Waals surface area contributed by atoms with Crippen molar-refractivity contribution in [3.05, 3.63) is 34.5 Å². The minimum atomic E-state index is 0.555. The molecule has 0 aliphatic rings. The Bertz CT molecular complexity index is 644. The molecule has 0 spiro atoms. The predicted octanol–water partition coefficient (Wildman–Crippen LogP) is 4.24. The first-order valence-electron chi connectivity index (χ1n) is 6.99. The molecule has 0 saturated carbocycles. The molecule has 0 aliphatic heterocycles. The molecule has 0 amide bonds. The van der Waals surface area contributed by atoms with Crippen LogP contribution in [0.25, 0.3) is 11.4 Å². The van der Waals surface area contributed by atoms with Crippen LogP contribution in [0.1, 0.15) is 24.6 Å². The molecule has 0 aliphatic carbocycles. The number of ether oxygens (including phenoxy) is 1. The van der Waals surface area contributed by atoms with Crippen LogP contribution in [0.2, 0.25) is 5.02 Å². The summed E-state index contributed by atoms with van der Waals surface area (Å²) in [6.45, 7) is 7.03. The summed E-state index contributed by atoms with van der Waals surface area (Å²) in [5.41, 5.74) is 2.92. The summed E-state index contributed by atoms with van der Waals surface area (Å²) in [7, 11) is 1.60. The summed E-state index contributed by atoms with van der Waals surface area (Å²) in [4.78, 5) is 9.17. The largest absolute Gasteiger partial charge is 0.495 e. The van der Waals surface area contributed by atoms with E-state index < -0.39 is 0 Å². The number of nitrogens with zero attached hydrogens (tertiary/aromatic N) is 2. The minimum absolute atomic E-state index is 0.555. The molecular formula is C16H20ClN3O. The first kappa shape index (κ1) is 15.6. The number of hydrogen-bond acceptors (Lipinski definition) is 4. The number of rotatable bonds is 5. The maximum Gasteiger partial charge on any atom is 0.161 e. The van der Waals surface area contributed by atoms with Crippen molar-refractivity contribution >= 4 is 17.4 Å². The van der Waals surface area contributed by atoms with Gasteiger partial charge in [0.15, 0.2) is 5.82 Å². The number of nitrogens with one attached hydrogen (secondary N) is 1. The van der Waals surface area contributed by atoms with Crippen LogP contribution >= 0.6 is 11.6 Å². The van der Waals surface area contributed by atoms with Crippen LogP contribution in [0.5, 0.6) is 5.75 Å². The zero-order valence-corrected chi connectivity index (χ0v) is 13.6. The van der Waals surface area contributed by atoms with E-state index in [0.717, 1.165) is 35.6 Å². The molecule has 1 aromatic carbocycles. The summed E-state index contributed by atoms with van der Waals surface area (Å²) in [5, 5.41) is 3.90. The highest BCUT2D eigenvalue weighted by molar-refractivity contribution is 6.32. The van der Waals surface area contributed by atoms with E-state index in [4.69, 9.17) is 16.3 Å². The fraction of sp³-hybridized carbons (Fsp3) is 0.375. The second kappa shape index (κ2) is 6.76. The Balaban J connectivity index is 2.43. The molecule has 1 N–H and O–H groups in total. The van der Waals surface area contributed by atoms with Gasteiger partial charge >= 0.3 is 0 Å². The van der Waals surface area contributed by atoms with Crippen molar-refractivity contribution in [1.82, 2.24) is 9.97 Å². The average molecular weight is 306 g/mol. The molecule has 4 nitrogen and oxygen atoms in total.